The van der Waals surface area contributed by atoms with E-state index < -0.39 is 0 Å². The molecule has 4 atom stereocenters. The van der Waals surface area contributed by atoms with Crippen LogP contribution >= 0.6 is 0 Å². The van der Waals surface area contributed by atoms with Gasteiger partial charge in [0.05, 0.1) is 31.1 Å². The third-order valence-corrected chi connectivity index (χ3v) is 5.07. The Morgan fingerprint density at radius 3 is 2.81 bits per heavy atom. The molecule has 3 heterocycles. The minimum atomic E-state index is -0.0128. The molecule has 2 N–H and O–H groups in total. The van der Waals surface area contributed by atoms with Crippen LogP contribution < -0.4 is 10.5 Å². The lowest BCUT2D eigenvalue weighted by molar-refractivity contribution is -0.914. The highest BCUT2D eigenvalue weighted by Gasteiger charge is 2.34. The van der Waals surface area contributed by atoms with Crippen LogP contribution in [0.1, 0.15) is 37.6 Å². The molecule has 3 rings (SSSR count). The fourth-order valence-electron chi connectivity index (χ4n) is 3.73. The lowest BCUT2D eigenvalue weighted by Gasteiger charge is -2.37. The van der Waals surface area contributed by atoms with Crippen molar-refractivity contribution < 1.29 is 4.90 Å². The van der Waals surface area contributed by atoms with Crippen molar-refractivity contribution in [3.63, 3.8) is 0 Å². The molecule has 0 aliphatic carbocycles. The van der Waals surface area contributed by atoms with Crippen molar-refractivity contribution in [2.45, 2.75) is 46.2 Å². The van der Waals surface area contributed by atoms with Gasteiger partial charge in [0.1, 0.15) is 0 Å². The van der Waals surface area contributed by atoms with Gasteiger partial charge in [-0.1, -0.05) is 6.92 Å². The fraction of sp³-hybridized carbons (Fsp3) is 0.625. The first-order chi connectivity index (χ1) is 9.88. The number of nitrogens with zero attached hydrogens (tertiary/aromatic N) is 2. The van der Waals surface area contributed by atoms with E-state index in [4.69, 9.17) is 0 Å². The minimum absolute atomic E-state index is 0.0128. The summed E-state index contributed by atoms with van der Waals surface area (Å²) < 4.78 is 2.03. The first-order valence-electron chi connectivity index (χ1n) is 7.79. The number of aryl methyl sites for hydroxylation is 2. The normalized spacial score (nSPS) is 30.0. The number of hydrogen-bond donors (Lipinski definition) is 2. The van der Waals surface area contributed by atoms with Crippen LogP contribution in [0.2, 0.25) is 0 Å². The van der Waals surface area contributed by atoms with Crippen molar-refractivity contribution >= 4 is 11.0 Å². The summed E-state index contributed by atoms with van der Waals surface area (Å²) in [4.78, 5) is 18.5. The molecule has 0 spiro atoms. The monoisotopic (exact) mass is 289 g/mol. The summed E-state index contributed by atoms with van der Waals surface area (Å²) in [6.07, 6.45) is 1.07. The summed E-state index contributed by atoms with van der Waals surface area (Å²) in [6, 6.07) is 2.90. The average Bonchev–Trinajstić information content (AvgIpc) is 2.71. The predicted molar refractivity (Wildman–Crippen MR) is 83.9 cm³/mol. The maximum atomic E-state index is 12.3. The number of aromatic nitrogens is 3. The molecule has 0 bridgehead atoms. The van der Waals surface area contributed by atoms with Gasteiger partial charge >= 0.3 is 0 Å². The van der Waals surface area contributed by atoms with Gasteiger partial charge in [0.15, 0.2) is 5.65 Å². The van der Waals surface area contributed by atoms with Crippen molar-refractivity contribution in [1.82, 2.24) is 14.8 Å². The lowest BCUT2D eigenvalue weighted by Crippen LogP contribution is -3.14. The smallest absolute Gasteiger partial charge is 0.273 e. The molecular formula is C16H25N4O+. The van der Waals surface area contributed by atoms with Crippen molar-refractivity contribution in [3.8, 4) is 0 Å². The number of H-pyrrole nitrogens is 1. The molecule has 1 aliphatic rings. The number of pyridine rings is 1. The molecule has 0 amide bonds. The number of rotatable bonds is 1. The van der Waals surface area contributed by atoms with Gasteiger partial charge in [-0.15, -0.1) is 0 Å². The molecule has 21 heavy (non-hydrogen) atoms. The summed E-state index contributed by atoms with van der Waals surface area (Å²) in [5.74, 6) is 0.523. The van der Waals surface area contributed by atoms with E-state index in [0.717, 1.165) is 35.3 Å². The SMILES string of the molecule is Cc1cc(C)c2c(=O)[nH]n([C@H]3C[C@H](C)[NH+](C)C[C@@H]3C)c2n1. The summed E-state index contributed by atoms with van der Waals surface area (Å²) in [7, 11) is 2.25. The van der Waals surface area contributed by atoms with E-state index >= 15 is 0 Å². The Labute approximate surface area is 125 Å². The molecule has 1 fully saturated rings. The summed E-state index contributed by atoms with van der Waals surface area (Å²) in [6.45, 7) is 9.65. The van der Waals surface area contributed by atoms with E-state index in [1.165, 1.54) is 0 Å². The van der Waals surface area contributed by atoms with Gasteiger partial charge in [0.25, 0.3) is 5.56 Å². The number of nitrogens with one attached hydrogen (secondary N) is 2. The molecule has 0 saturated carbocycles. The molecule has 1 saturated heterocycles. The van der Waals surface area contributed by atoms with Crippen LogP contribution in [-0.2, 0) is 0 Å². The van der Waals surface area contributed by atoms with E-state index in [2.05, 4.69) is 31.0 Å². The van der Waals surface area contributed by atoms with Gasteiger partial charge < -0.3 is 4.90 Å². The van der Waals surface area contributed by atoms with E-state index in [1.807, 2.05) is 24.6 Å². The second-order valence-electron chi connectivity index (χ2n) is 6.82. The van der Waals surface area contributed by atoms with Crippen molar-refractivity contribution in [2.24, 2.45) is 5.92 Å². The summed E-state index contributed by atoms with van der Waals surface area (Å²) >= 11 is 0. The Kier molecular flexibility index (Phi) is 3.40. The Morgan fingerprint density at radius 2 is 2.10 bits per heavy atom. The Hall–Kier alpha value is -1.62. The zero-order chi connectivity index (χ0) is 15.3. The van der Waals surface area contributed by atoms with Crippen LogP contribution in [0.3, 0.4) is 0 Å². The highest BCUT2D eigenvalue weighted by Crippen LogP contribution is 2.27. The molecule has 1 unspecified atom stereocenters. The minimum Gasteiger partial charge on any atom is -0.335 e. The van der Waals surface area contributed by atoms with Crippen LogP contribution in [0, 0.1) is 19.8 Å². The highest BCUT2D eigenvalue weighted by atomic mass is 16.1. The van der Waals surface area contributed by atoms with Gasteiger partial charge in [-0.2, -0.15) is 0 Å². The van der Waals surface area contributed by atoms with Gasteiger partial charge in [-0.25, -0.2) is 4.98 Å². The number of hydrogen-bond acceptors (Lipinski definition) is 2. The van der Waals surface area contributed by atoms with E-state index in [1.54, 1.807) is 4.90 Å². The topological polar surface area (TPSA) is 55.1 Å². The third-order valence-electron chi connectivity index (χ3n) is 5.07. The highest BCUT2D eigenvalue weighted by molar-refractivity contribution is 5.78. The first-order valence-corrected chi connectivity index (χ1v) is 7.79. The zero-order valence-corrected chi connectivity index (χ0v) is 13.5. The maximum Gasteiger partial charge on any atom is 0.273 e. The second-order valence-corrected chi connectivity index (χ2v) is 6.82. The fourth-order valence-corrected chi connectivity index (χ4v) is 3.73. The quantitative estimate of drug-likeness (QED) is 0.817. The maximum absolute atomic E-state index is 12.3. The molecule has 5 nitrogen and oxygen atoms in total. The average molecular weight is 289 g/mol. The molecule has 114 valence electrons. The number of likely N-dealkylation sites (tertiary alicyclic amines) is 1. The largest absolute Gasteiger partial charge is 0.335 e. The Bertz CT molecular complexity index is 730. The summed E-state index contributed by atoms with van der Waals surface area (Å²) in [5, 5.41) is 3.79. The van der Waals surface area contributed by atoms with Crippen molar-refractivity contribution in [1.29, 1.82) is 0 Å². The molecule has 0 radical (unpaired) electrons. The van der Waals surface area contributed by atoms with Crippen LogP contribution in [0.4, 0.5) is 0 Å². The summed E-state index contributed by atoms with van der Waals surface area (Å²) in [5.41, 5.74) is 2.78. The number of fused-ring (bicyclic) bond motifs is 1. The predicted octanol–water partition coefficient (Wildman–Crippen LogP) is 0.826. The van der Waals surface area contributed by atoms with E-state index in [0.29, 0.717) is 18.0 Å². The zero-order valence-electron chi connectivity index (χ0n) is 13.5. The lowest BCUT2D eigenvalue weighted by atomic mass is 9.90. The van der Waals surface area contributed by atoms with Gasteiger partial charge in [0, 0.05) is 18.0 Å². The van der Waals surface area contributed by atoms with Crippen LogP contribution in [-0.4, -0.2) is 34.4 Å². The molecule has 5 heteroatoms. The van der Waals surface area contributed by atoms with Gasteiger partial charge in [-0.05, 0) is 32.4 Å². The van der Waals surface area contributed by atoms with Crippen molar-refractivity contribution in [2.75, 3.05) is 13.6 Å². The second kappa shape index (κ2) is 4.98. The molecule has 2 aromatic rings. The molecule has 0 aromatic carbocycles. The Balaban J connectivity index is 2.15. The standard InChI is InChI=1S/C16H24N4O/c1-9-6-11(3)17-15-14(9)16(21)18-20(15)13-7-12(4)19(5)8-10(13)2/h6,10,12-13H,7-8H2,1-5H3,(H,18,21)/p+1/t10-,12-,13-/m0/s1. The van der Waals surface area contributed by atoms with E-state index in [-0.39, 0.29) is 5.56 Å². The molecular weight excluding hydrogens is 264 g/mol. The van der Waals surface area contributed by atoms with Crippen LogP contribution in [0.15, 0.2) is 10.9 Å². The Morgan fingerprint density at radius 1 is 1.38 bits per heavy atom. The van der Waals surface area contributed by atoms with Crippen LogP contribution in [0.25, 0.3) is 11.0 Å². The molecule has 1 aliphatic heterocycles. The number of piperidine rings is 1. The van der Waals surface area contributed by atoms with Crippen molar-refractivity contribution in [3.05, 3.63) is 27.7 Å². The first kappa shape index (κ1) is 14.3. The van der Waals surface area contributed by atoms with Gasteiger partial charge in [-0.3, -0.25) is 14.6 Å². The molecule has 2 aromatic heterocycles. The third kappa shape index (κ3) is 2.29. The number of quaternary nitrogens is 1. The van der Waals surface area contributed by atoms with Gasteiger partial charge in [0.2, 0.25) is 0 Å². The van der Waals surface area contributed by atoms with Crippen LogP contribution in [0.5, 0.6) is 0 Å². The number of aromatic amines is 1. The van der Waals surface area contributed by atoms with E-state index in [9.17, 15) is 4.79 Å².